The lowest BCUT2D eigenvalue weighted by Gasteiger charge is -2.16. The molecule has 0 spiro atoms. The van der Waals surface area contributed by atoms with E-state index in [1.807, 2.05) is 6.07 Å². The zero-order chi connectivity index (χ0) is 13.7. The van der Waals surface area contributed by atoms with E-state index in [0.29, 0.717) is 6.54 Å². The third-order valence-electron chi connectivity index (χ3n) is 2.90. The molecule has 100 valence electrons. The van der Waals surface area contributed by atoms with Gasteiger partial charge in [-0.3, -0.25) is 0 Å². The molecule has 0 amide bonds. The van der Waals surface area contributed by atoms with Crippen LogP contribution >= 0.6 is 0 Å². The van der Waals surface area contributed by atoms with Crippen LogP contribution in [0.2, 0.25) is 0 Å². The zero-order valence-corrected chi connectivity index (χ0v) is 10.4. The van der Waals surface area contributed by atoms with E-state index < -0.39 is 5.82 Å². The lowest BCUT2D eigenvalue weighted by molar-refractivity contribution is 0.277. The fourth-order valence-electron chi connectivity index (χ4n) is 1.83. The van der Waals surface area contributed by atoms with Crippen LogP contribution in [0, 0.1) is 5.82 Å². The van der Waals surface area contributed by atoms with Gasteiger partial charge in [0.05, 0.1) is 6.61 Å². The smallest absolute Gasteiger partial charge is 0.165 e. The van der Waals surface area contributed by atoms with Gasteiger partial charge in [-0.1, -0.05) is 24.3 Å². The van der Waals surface area contributed by atoms with Gasteiger partial charge in [0.25, 0.3) is 0 Å². The average molecular weight is 261 g/mol. The van der Waals surface area contributed by atoms with Crippen molar-refractivity contribution in [3.05, 3.63) is 59.9 Å². The molecule has 0 fully saturated rings. The molecular formula is C15H16FNO2. The zero-order valence-electron chi connectivity index (χ0n) is 10.4. The Kier molecular flexibility index (Phi) is 4.36. The van der Waals surface area contributed by atoms with Crippen molar-refractivity contribution < 1.29 is 14.2 Å². The van der Waals surface area contributed by atoms with Crippen molar-refractivity contribution in [2.75, 3.05) is 13.2 Å². The molecule has 2 rings (SSSR count). The second-order valence-electron chi connectivity index (χ2n) is 4.27. The molecule has 1 unspecified atom stereocenters. The molecule has 2 aromatic carbocycles. The van der Waals surface area contributed by atoms with E-state index in [-0.39, 0.29) is 24.0 Å². The Hall–Kier alpha value is -2.07. The second kappa shape index (κ2) is 6.20. The maximum Gasteiger partial charge on any atom is 0.165 e. The summed E-state index contributed by atoms with van der Waals surface area (Å²) < 4.78 is 18.9. The van der Waals surface area contributed by atoms with Crippen molar-refractivity contribution in [3.8, 4) is 11.5 Å². The van der Waals surface area contributed by atoms with Crippen LogP contribution in [-0.4, -0.2) is 18.3 Å². The van der Waals surface area contributed by atoms with E-state index in [1.54, 1.807) is 36.4 Å². The van der Waals surface area contributed by atoms with Crippen molar-refractivity contribution >= 4 is 0 Å². The number of hydrogen-bond acceptors (Lipinski definition) is 3. The summed E-state index contributed by atoms with van der Waals surface area (Å²) in [7, 11) is 0. The number of hydrogen-bond donors (Lipinski definition) is 2. The van der Waals surface area contributed by atoms with Crippen LogP contribution in [-0.2, 0) is 0 Å². The van der Waals surface area contributed by atoms with E-state index >= 15 is 0 Å². The van der Waals surface area contributed by atoms with Gasteiger partial charge in [0.15, 0.2) is 11.6 Å². The summed E-state index contributed by atoms with van der Waals surface area (Å²) in [4.78, 5) is 0. The largest absolute Gasteiger partial charge is 0.508 e. The Balaban J connectivity index is 2.06. The number of phenols is 1. The van der Waals surface area contributed by atoms with E-state index in [4.69, 9.17) is 10.5 Å². The average Bonchev–Trinajstić information content (AvgIpc) is 2.41. The maximum atomic E-state index is 13.4. The predicted octanol–water partition coefficient (Wildman–Crippen LogP) is 2.65. The first kappa shape index (κ1) is 13.4. The standard InChI is InChI=1S/C15H16FNO2/c16-14-6-1-2-7-15(14)19-10-12(9-17)11-4-3-5-13(18)8-11/h1-8,12,18H,9-10,17H2. The molecule has 0 saturated heterocycles. The Morgan fingerprint density at radius 3 is 2.63 bits per heavy atom. The highest BCUT2D eigenvalue weighted by Gasteiger charge is 2.12. The highest BCUT2D eigenvalue weighted by atomic mass is 19.1. The third-order valence-corrected chi connectivity index (χ3v) is 2.90. The number of aromatic hydroxyl groups is 1. The lowest BCUT2D eigenvalue weighted by atomic mass is 10.00. The monoisotopic (exact) mass is 261 g/mol. The molecule has 4 heteroatoms. The van der Waals surface area contributed by atoms with Crippen molar-refractivity contribution in [2.45, 2.75) is 5.92 Å². The summed E-state index contributed by atoms with van der Waals surface area (Å²) >= 11 is 0. The van der Waals surface area contributed by atoms with Crippen LogP contribution in [0.25, 0.3) is 0 Å². The number of ether oxygens (including phenoxy) is 1. The number of nitrogens with two attached hydrogens (primary N) is 1. The van der Waals surface area contributed by atoms with E-state index in [0.717, 1.165) is 5.56 Å². The molecule has 0 aliphatic rings. The quantitative estimate of drug-likeness (QED) is 0.870. The van der Waals surface area contributed by atoms with Gasteiger partial charge in [0.1, 0.15) is 5.75 Å². The van der Waals surface area contributed by atoms with Gasteiger partial charge in [-0.2, -0.15) is 0 Å². The highest BCUT2D eigenvalue weighted by molar-refractivity contribution is 5.30. The van der Waals surface area contributed by atoms with Crippen LogP contribution < -0.4 is 10.5 Å². The van der Waals surface area contributed by atoms with Crippen LogP contribution in [0.3, 0.4) is 0 Å². The van der Waals surface area contributed by atoms with Gasteiger partial charge in [0.2, 0.25) is 0 Å². The number of phenolic OH excluding ortho intramolecular Hbond substituents is 1. The number of benzene rings is 2. The van der Waals surface area contributed by atoms with Gasteiger partial charge in [-0.25, -0.2) is 4.39 Å². The van der Waals surface area contributed by atoms with Crippen LogP contribution in [0.4, 0.5) is 4.39 Å². The molecule has 0 bridgehead atoms. The minimum Gasteiger partial charge on any atom is -0.508 e. The van der Waals surface area contributed by atoms with Crippen LogP contribution in [0.1, 0.15) is 11.5 Å². The first-order chi connectivity index (χ1) is 9.20. The molecule has 0 saturated carbocycles. The molecule has 0 aromatic heterocycles. The van der Waals surface area contributed by atoms with E-state index in [2.05, 4.69) is 0 Å². The van der Waals surface area contributed by atoms with Gasteiger partial charge < -0.3 is 15.6 Å². The summed E-state index contributed by atoms with van der Waals surface area (Å²) in [5, 5.41) is 9.45. The predicted molar refractivity (Wildman–Crippen MR) is 71.8 cm³/mol. The van der Waals surface area contributed by atoms with Crippen molar-refractivity contribution in [1.82, 2.24) is 0 Å². The summed E-state index contributed by atoms with van der Waals surface area (Å²) in [5.41, 5.74) is 6.58. The van der Waals surface area contributed by atoms with Crippen LogP contribution in [0.5, 0.6) is 11.5 Å². The van der Waals surface area contributed by atoms with Gasteiger partial charge in [-0.15, -0.1) is 0 Å². The third kappa shape index (κ3) is 3.45. The fourth-order valence-corrected chi connectivity index (χ4v) is 1.83. The Bertz CT molecular complexity index is 545. The second-order valence-corrected chi connectivity index (χ2v) is 4.27. The minimum atomic E-state index is -0.394. The molecule has 0 aliphatic carbocycles. The molecule has 3 nitrogen and oxygen atoms in total. The number of rotatable bonds is 5. The molecule has 3 N–H and O–H groups in total. The molecule has 19 heavy (non-hydrogen) atoms. The maximum absolute atomic E-state index is 13.4. The number of halogens is 1. The van der Waals surface area contributed by atoms with Crippen molar-refractivity contribution in [2.24, 2.45) is 5.73 Å². The molecule has 0 heterocycles. The summed E-state index contributed by atoms with van der Waals surface area (Å²) in [6, 6.07) is 13.1. The molecule has 2 aromatic rings. The molecule has 1 atom stereocenters. The summed E-state index contributed by atoms with van der Waals surface area (Å²) in [6.07, 6.45) is 0. The first-order valence-electron chi connectivity index (χ1n) is 6.07. The Morgan fingerprint density at radius 2 is 1.95 bits per heavy atom. The van der Waals surface area contributed by atoms with E-state index in [1.165, 1.54) is 6.07 Å². The summed E-state index contributed by atoms with van der Waals surface area (Å²) in [5.74, 6) is -0.0937. The minimum absolute atomic E-state index is 0.0910. The lowest BCUT2D eigenvalue weighted by Crippen LogP contribution is -2.19. The van der Waals surface area contributed by atoms with Gasteiger partial charge in [-0.05, 0) is 29.8 Å². The first-order valence-corrected chi connectivity index (χ1v) is 6.07. The van der Waals surface area contributed by atoms with Crippen LogP contribution in [0.15, 0.2) is 48.5 Å². The van der Waals surface area contributed by atoms with Gasteiger partial charge >= 0.3 is 0 Å². The normalized spacial score (nSPS) is 12.1. The van der Waals surface area contributed by atoms with Crippen molar-refractivity contribution in [1.29, 1.82) is 0 Å². The van der Waals surface area contributed by atoms with Crippen molar-refractivity contribution in [3.63, 3.8) is 0 Å². The highest BCUT2D eigenvalue weighted by Crippen LogP contribution is 2.22. The number of para-hydroxylation sites is 1. The molecular weight excluding hydrogens is 245 g/mol. The Morgan fingerprint density at radius 1 is 1.16 bits per heavy atom. The van der Waals surface area contributed by atoms with E-state index in [9.17, 15) is 9.50 Å². The molecule has 0 aliphatic heterocycles. The Labute approximate surface area is 111 Å². The van der Waals surface area contributed by atoms with Gasteiger partial charge in [0, 0.05) is 12.5 Å². The molecule has 0 radical (unpaired) electrons. The topological polar surface area (TPSA) is 55.5 Å². The fraction of sp³-hybridized carbons (Fsp3) is 0.200. The summed E-state index contributed by atoms with van der Waals surface area (Å²) in [6.45, 7) is 0.624. The SMILES string of the molecule is NCC(COc1ccccc1F)c1cccc(O)c1.